The first kappa shape index (κ1) is 23.5. The van der Waals surface area contributed by atoms with Gasteiger partial charge in [-0.3, -0.25) is 24.1 Å². The third-order valence-electron chi connectivity index (χ3n) is 6.41. The number of fused-ring (bicyclic) bond motifs is 5. The van der Waals surface area contributed by atoms with Gasteiger partial charge in [-0.1, -0.05) is 0 Å². The van der Waals surface area contributed by atoms with Gasteiger partial charge in [0.1, 0.15) is 6.54 Å². The van der Waals surface area contributed by atoms with Crippen molar-refractivity contribution in [2.75, 3.05) is 25.1 Å². The van der Waals surface area contributed by atoms with Gasteiger partial charge in [-0.2, -0.15) is 0 Å². The maximum Gasteiger partial charge on any atom is 0.338 e. The molecule has 0 spiro atoms. The summed E-state index contributed by atoms with van der Waals surface area (Å²) in [6.07, 6.45) is 0.633. The first-order chi connectivity index (χ1) is 15.7. The summed E-state index contributed by atoms with van der Waals surface area (Å²) in [5, 5.41) is 1.77. The monoisotopic (exact) mass is 496 g/mol. The molecule has 2 bridgehead atoms. The van der Waals surface area contributed by atoms with Crippen LogP contribution in [0.15, 0.2) is 24.3 Å². The smallest absolute Gasteiger partial charge is 0.338 e. The van der Waals surface area contributed by atoms with Crippen LogP contribution < -0.4 is 5.32 Å². The van der Waals surface area contributed by atoms with Crippen LogP contribution in [0.3, 0.4) is 0 Å². The van der Waals surface area contributed by atoms with Gasteiger partial charge in [0.25, 0.3) is 5.91 Å². The quantitative estimate of drug-likeness (QED) is 0.347. The lowest BCUT2D eigenvalue weighted by atomic mass is 9.80. The van der Waals surface area contributed by atoms with E-state index in [1.807, 2.05) is 0 Å². The number of benzene rings is 1. The number of alkyl halides is 2. The Bertz CT molecular complexity index is 967. The molecule has 9 nitrogen and oxygen atoms in total. The van der Waals surface area contributed by atoms with Crippen molar-refractivity contribution in [1.82, 2.24) is 4.90 Å². The highest BCUT2D eigenvalue weighted by Gasteiger charge is 2.66. The number of ether oxygens (including phenoxy) is 2. The Morgan fingerprint density at radius 3 is 2.12 bits per heavy atom. The minimum absolute atomic E-state index is 0.178. The average molecular weight is 497 g/mol. The third kappa shape index (κ3) is 4.31. The molecule has 0 radical (unpaired) electrons. The van der Waals surface area contributed by atoms with Gasteiger partial charge in [-0.05, 0) is 49.4 Å². The highest BCUT2D eigenvalue weighted by atomic mass is 35.5. The standard InChI is InChI=1S/C22H22Cl2N2O7/c1-2-32-22(31)10-3-5-11(6-4-10)25-14(27)9-33-15(28)8-26-20(29)16-12-7-13(17(16)21(26)30)19(24)18(12)23/h3-6,12-13,16-19H,2,7-9H2,1H3,(H,25,27)/t12-,13-,16-,17+,18+,19+/m1/s1. The molecule has 1 N–H and O–H groups in total. The summed E-state index contributed by atoms with van der Waals surface area (Å²) in [6, 6.07) is 6.00. The van der Waals surface area contributed by atoms with Crippen LogP contribution in [0, 0.1) is 23.7 Å². The lowest BCUT2D eigenvalue weighted by molar-refractivity contribution is -0.154. The average Bonchev–Trinajstić information content (AvgIpc) is 3.39. The molecule has 1 saturated heterocycles. The van der Waals surface area contributed by atoms with E-state index in [1.165, 1.54) is 24.3 Å². The number of esters is 2. The van der Waals surface area contributed by atoms with Gasteiger partial charge in [0.15, 0.2) is 6.61 Å². The van der Waals surface area contributed by atoms with E-state index < -0.39 is 54.6 Å². The van der Waals surface area contributed by atoms with Gasteiger partial charge in [0.2, 0.25) is 11.8 Å². The van der Waals surface area contributed by atoms with Crippen molar-refractivity contribution >= 4 is 58.5 Å². The first-order valence-corrected chi connectivity index (χ1v) is 11.5. The molecule has 6 atom stereocenters. The molecule has 2 saturated carbocycles. The molecule has 3 fully saturated rings. The van der Waals surface area contributed by atoms with Gasteiger partial charge in [-0.25, -0.2) is 4.79 Å². The number of carbonyl (C=O) groups is 5. The van der Waals surface area contributed by atoms with Crippen LogP contribution in [0.5, 0.6) is 0 Å². The van der Waals surface area contributed by atoms with E-state index in [9.17, 15) is 24.0 Å². The number of likely N-dealkylation sites (tertiary alicyclic amines) is 1. The summed E-state index contributed by atoms with van der Waals surface area (Å²) in [5.41, 5.74) is 0.726. The molecule has 2 aliphatic carbocycles. The molecule has 0 unspecified atom stereocenters. The Balaban J connectivity index is 1.27. The summed E-state index contributed by atoms with van der Waals surface area (Å²) in [7, 11) is 0. The highest BCUT2D eigenvalue weighted by Crippen LogP contribution is 2.59. The molecule has 11 heteroatoms. The predicted molar refractivity (Wildman–Crippen MR) is 117 cm³/mol. The fourth-order valence-corrected chi connectivity index (χ4v) is 5.88. The van der Waals surface area contributed by atoms with Gasteiger partial charge in [0, 0.05) is 5.69 Å². The minimum Gasteiger partial charge on any atom is -0.462 e. The predicted octanol–water partition coefficient (Wildman–Crippen LogP) is 1.81. The van der Waals surface area contributed by atoms with Gasteiger partial charge in [-0.15, -0.1) is 23.2 Å². The topological polar surface area (TPSA) is 119 Å². The minimum atomic E-state index is -0.873. The lowest BCUT2D eigenvalue weighted by Gasteiger charge is -2.28. The van der Waals surface area contributed by atoms with Crippen LogP contribution in [0.25, 0.3) is 0 Å². The molecule has 176 valence electrons. The summed E-state index contributed by atoms with van der Waals surface area (Å²) >= 11 is 12.6. The van der Waals surface area contributed by atoms with E-state index >= 15 is 0 Å². The van der Waals surface area contributed by atoms with E-state index in [0.717, 1.165) is 4.90 Å². The second-order valence-electron chi connectivity index (χ2n) is 8.27. The second-order valence-corrected chi connectivity index (χ2v) is 9.28. The van der Waals surface area contributed by atoms with Crippen LogP contribution in [0.4, 0.5) is 5.69 Å². The zero-order valence-electron chi connectivity index (χ0n) is 17.7. The fraction of sp³-hybridized carbons (Fsp3) is 0.500. The molecule has 3 amide bonds. The van der Waals surface area contributed by atoms with Gasteiger partial charge >= 0.3 is 11.9 Å². The van der Waals surface area contributed by atoms with Gasteiger partial charge in [0.05, 0.1) is 34.8 Å². The number of hydrogen-bond acceptors (Lipinski definition) is 7. The number of anilines is 1. The Morgan fingerprint density at radius 1 is 1.00 bits per heavy atom. The molecular formula is C22H22Cl2N2O7. The van der Waals surface area contributed by atoms with Crippen LogP contribution in [-0.4, -0.2) is 65.1 Å². The number of nitrogens with one attached hydrogen (secondary N) is 1. The number of amides is 3. The fourth-order valence-electron chi connectivity index (χ4n) is 4.99. The Kier molecular flexibility index (Phi) is 6.63. The number of imide groups is 1. The molecule has 33 heavy (non-hydrogen) atoms. The summed E-state index contributed by atoms with van der Waals surface area (Å²) in [4.78, 5) is 62.3. The zero-order chi connectivity index (χ0) is 23.9. The van der Waals surface area contributed by atoms with E-state index in [-0.39, 0.29) is 29.2 Å². The SMILES string of the molecule is CCOC(=O)c1ccc(NC(=O)COC(=O)CN2C(=O)[C@@H]3[C@H]4C[C@@H]([C@H](Cl)[C@H]4Cl)[C@@H]3C2=O)cc1. The zero-order valence-corrected chi connectivity index (χ0v) is 19.2. The van der Waals surface area contributed by atoms with Crippen molar-refractivity contribution in [3.63, 3.8) is 0 Å². The van der Waals surface area contributed by atoms with Crippen molar-refractivity contribution in [3.05, 3.63) is 29.8 Å². The molecule has 0 aromatic heterocycles. The Hall–Kier alpha value is -2.65. The van der Waals surface area contributed by atoms with Crippen molar-refractivity contribution in [2.24, 2.45) is 23.7 Å². The number of carbonyl (C=O) groups excluding carboxylic acids is 5. The summed E-state index contributed by atoms with van der Waals surface area (Å²) in [6.45, 7) is 0.787. The van der Waals surface area contributed by atoms with Crippen molar-refractivity contribution in [2.45, 2.75) is 24.1 Å². The normalized spacial score (nSPS) is 29.7. The maximum absolute atomic E-state index is 12.8. The third-order valence-corrected chi connectivity index (χ3v) is 7.73. The van der Waals surface area contributed by atoms with E-state index in [4.69, 9.17) is 32.7 Å². The summed E-state index contributed by atoms with van der Waals surface area (Å²) < 4.78 is 9.82. The second kappa shape index (κ2) is 9.30. The lowest BCUT2D eigenvalue weighted by Crippen LogP contribution is -2.38. The maximum atomic E-state index is 12.8. The summed E-state index contributed by atoms with van der Waals surface area (Å²) in [5.74, 6) is -4.29. The molecule has 1 aromatic carbocycles. The van der Waals surface area contributed by atoms with E-state index in [0.29, 0.717) is 17.7 Å². The van der Waals surface area contributed by atoms with Crippen LogP contribution in [0.2, 0.25) is 0 Å². The Morgan fingerprint density at radius 2 is 1.58 bits per heavy atom. The molecule has 3 aliphatic rings. The number of halogens is 2. The highest BCUT2D eigenvalue weighted by molar-refractivity contribution is 6.31. The van der Waals surface area contributed by atoms with Crippen LogP contribution >= 0.6 is 23.2 Å². The van der Waals surface area contributed by atoms with Gasteiger partial charge < -0.3 is 14.8 Å². The first-order valence-electron chi connectivity index (χ1n) is 10.6. The van der Waals surface area contributed by atoms with Crippen molar-refractivity contribution < 1.29 is 33.4 Å². The molecule has 1 aliphatic heterocycles. The van der Waals surface area contributed by atoms with E-state index in [1.54, 1.807) is 6.92 Å². The molecule has 1 heterocycles. The van der Waals surface area contributed by atoms with Crippen molar-refractivity contribution in [3.8, 4) is 0 Å². The largest absolute Gasteiger partial charge is 0.462 e. The van der Waals surface area contributed by atoms with E-state index in [2.05, 4.69) is 5.32 Å². The number of rotatable bonds is 7. The molecule has 1 aromatic rings. The number of hydrogen-bond donors (Lipinski definition) is 1. The van der Waals surface area contributed by atoms with Crippen LogP contribution in [-0.2, 0) is 28.7 Å². The number of nitrogens with zero attached hydrogens (tertiary/aromatic N) is 1. The molecular weight excluding hydrogens is 475 g/mol. The Labute approximate surface area is 199 Å². The van der Waals surface area contributed by atoms with Crippen molar-refractivity contribution in [1.29, 1.82) is 0 Å². The molecule has 4 rings (SSSR count). The van der Waals surface area contributed by atoms with Crippen LogP contribution in [0.1, 0.15) is 23.7 Å².